The number of aromatic nitrogens is 1. The molecule has 0 spiro atoms. The maximum absolute atomic E-state index is 11.6. The maximum atomic E-state index is 11.6. The fourth-order valence-corrected chi connectivity index (χ4v) is 1.91. The lowest BCUT2D eigenvalue weighted by Crippen LogP contribution is -2.28. The van der Waals surface area contributed by atoms with Crippen molar-refractivity contribution < 1.29 is 14.3 Å². The molecule has 80 valence electrons. The molecule has 0 saturated carbocycles. The molecular formula is C11H13NO3. The first-order valence-corrected chi connectivity index (χ1v) is 5.10. The van der Waals surface area contributed by atoms with Crippen LogP contribution in [0.2, 0.25) is 0 Å². The fourth-order valence-electron chi connectivity index (χ4n) is 1.91. The number of ketones is 1. The maximum Gasteiger partial charge on any atom is 0.329 e. The molecule has 15 heavy (non-hydrogen) atoms. The summed E-state index contributed by atoms with van der Waals surface area (Å²) in [7, 11) is 0. The summed E-state index contributed by atoms with van der Waals surface area (Å²) in [5.74, 6) is -0.150. The number of hydrogen-bond acceptors (Lipinski definition) is 3. The van der Waals surface area contributed by atoms with Gasteiger partial charge in [0, 0.05) is 12.6 Å². The monoisotopic (exact) mass is 207 g/mol. The second-order valence-electron chi connectivity index (χ2n) is 3.53. The number of rotatable bonds is 2. The van der Waals surface area contributed by atoms with Crippen molar-refractivity contribution in [1.82, 2.24) is 4.57 Å². The van der Waals surface area contributed by atoms with Crippen molar-refractivity contribution in [3.63, 3.8) is 0 Å². The summed E-state index contributed by atoms with van der Waals surface area (Å²) in [5, 5.41) is 0. The van der Waals surface area contributed by atoms with Gasteiger partial charge in [0.15, 0.2) is 5.78 Å². The second kappa shape index (κ2) is 3.88. The molecule has 0 aromatic carbocycles. The topological polar surface area (TPSA) is 48.3 Å². The van der Waals surface area contributed by atoms with E-state index in [1.54, 1.807) is 29.8 Å². The number of Topliss-reactive ketones (excluding diaryl/α,β-unsaturated/α-hetero) is 1. The first-order valence-electron chi connectivity index (χ1n) is 5.10. The number of esters is 1. The molecule has 0 N–H and O–H groups in total. The molecule has 1 aliphatic heterocycles. The normalized spacial score (nSPS) is 19.8. The minimum absolute atomic E-state index is 0.0977. The third kappa shape index (κ3) is 1.67. The largest absolute Gasteiger partial charge is 0.464 e. The van der Waals surface area contributed by atoms with Crippen molar-refractivity contribution in [2.75, 3.05) is 6.61 Å². The highest BCUT2D eigenvalue weighted by Crippen LogP contribution is 2.26. The molecule has 1 aromatic rings. The van der Waals surface area contributed by atoms with Crippen LogP contribution in [0.1, 0.15) is 36.3 Å². The Balaban J connectivity index is 2.28. The average Bonchev–Trinajstić information content (AvgIpc) is 2.68. The van der Waals surface area contributed by atoms with Crippen LogP contribution in [0.3, 0.4) is 0 Å². The summed E-state index contributed by atoms with van der Waals surface area (Å²) in [6.07, 6.45) is 2.72. The molecule has 0 saturated heterocycles. The standard InChI is InChI=1S/C11H13NO3/c1-2-15-11(14)9-5-6-10(13)8-4-3-7-12(8)9/h3-4,7,9H,2,5-6H2,1H3/t9-/m1/s1. The Kier molecular flexibility index (Phi) is 2.58. The minimum atomic E-state index is -0.326. The van der Waals surface area contributed by atoms with E-state index in [-0.39, 0.29) is 17.8 Å². The van der Waals surface area contributed by atoms with Gasteiger partial charge >= 0.3 is 5.97 Å². The van der Waals surface area contributed by atoms with Crippen molar-refractivity contribution in [3.8, 4) is 0 Å². The summed E-state index contributed by atoms with van der Waals surface area (Å²) >= 11 is 0. The predicted octanol–water partition coefficient (Wildman–Crippen LogP) is 1.57. The van der Waals surface area contributed by atoms with Crippen molar-refractivity contribution in [2.45, 2.75) is 25.8 Å². The van der Waals surface area contributed by atoms with Gasteiger partial charge in [0.2, 0.25) is 0 Å². The van der Waals surface area contributed by atoms with Gasteiger partial charge in [-0.1, -0.05) is 0 Å². The summed E-state index contributed by atoms with van der Waals surface area (Å²) < 4.78 is 6.68. The highest BCUT2D eigenvalue weighted by atomic mass is 16.5. The van der Waals surface area contributed by atoms with Crippen molar-refractivity contribution in [3.05, 3.63) is 24.0 Å². The zero-order valence-corrected chi connectivity index (χ0v) is 8.60. The van der Waals surface area contributed by atoms with Crippen LogP contribution in [0.4, 0.5) is 0 Å². The van der Waals surface area contributed by atoms with E-state index in [1.165, 1.54) is 0 Å². The Morgan fingerprint density at radius 1 is 1.67 bits per heavy atom. The summed E-state index contributed by atoms with van der Waals surface area (Å²) in [6, 6.07) is 3.20. The third-order valence-corrected chi connectivity index (χ3v) is 2.60. The molecule has 2 rings (SSSR count). The Morgan fingerprint density at radius 3 is 3.20 bits per heavy atom. The lowest BCUT2D eigenvalue weighted by Gasteiger charge is -2.23. The SMILES string of the molecule is CCOC(=O)[C@H]1CCC(=O)c2cccn21. The molecule has 0 radical (unpaired) electrons. The lowest BCUT2D eigenvalue weighted by molar-refractivity contribution is -0.147. The first kappa shape index (κ1) is 9.96. The first-order chi connectivity index (χ1) is 7.24. The van der Waals surface area contributed by atoms with Crippen LogP contribution in [-0.2, 0) is 9.53 Å². The van der Waals surface area contributed by atoms with Crippen molar-refractivity contribution >= 4 is 11.8 Å². The minimum Gasteiger partial charge on any atom is -0.464 e. The van der Waals surface area contributed by atoms with Crippen LogP contribution in [0, 0.1) is 0 Å². The smallest absolute Gasteiger partial charge is 0.329 e. The number of fused-ring (bicyclic) bond motifs is 1. The van der Waals surface area contributed by atoms with Gasteiger partial charge in [-0.2, -0.15) is 0 Å². The van der Waals surface area contributed by atoms with E-state index in [0.717, 1.165) is 0 Å². The van der Waals surface area contributed by atoms with Crippen LogP contribution in [0.5, 0.6) is 0 Å². The highest BCUT2D eigenvalue weighted by Gasteiger charge is 2.30. The molecule has 4 heteroatoms. The quantitative estimate of drug-likeness (QED) is 0.691. The van der Waals surface area contributed by atoms with E-state index in [2.05, 4.69) is 0 Å². The van der Waals surface area contributed by atoms with Crippen molar-refractivity contribution in [2.24, 2.45) is 0 Å². The Morgan fingerprint density at radius 2 is 2.47 bits per heavy atom. The van der Waals surface area contributed by atoms with Gasteiger partial charge in [0.05, 0.1) is 12.3 Å². The summed E-state index contributed by atoms with van der Waals surface area (Å²) in [4.78, 5) is 23.1. The zero-order chi connectivity index (χ0) is 10.8. The summed E-state index contributed by atoms with van der Waals surface area (Å²) in [6.45, 7) is 2.16. The lowest BCUT2D eigenvalue weighted by atomic mass is 10.0. The Hall–Kier alpha value is -1.58. The van der Waals surface area contributed by atoms with Crippen LogP contribution >= 0.6 is 0 Å². The predicted molar refractivity (Wildman–Crippen MR) is 53.7 cm³/mol. The van der Waals surface area contributed by atoms with Crippen LogP contribution in [0.15, 0.2) is 18.3 Å². The van der Waals surface area contributed by atoms with Gasteiger partial charge in [0.25, 0.3) is 0 Å². The van der Waals surface area contributed by atoms with E-state index in [1.807, 2.05) is 0 Å². The number of nitrogens with zero attached hydrogens (tertiary/aromatic N) is 1. The van der Waals surface area contributed by atoms with Gasteiger partial charge in [-0.25, -0.2) is 4.79 Å². The molecule has 0 bridgehead atoms. The molecule has 1 aliphatic rings. The molecule has 0 amide bonds. The van der Waals surface area contributed by atoms with E-state index < -0.39 is 0 Å². The second-order valence-corrected chi connectivity index (χ2v) is 3.53. The van der Waals surface area contributed by atoms with Gasteiger partial charge in [-0.3, -0.25) is 4.79 Å². The van der Waals surface area contributed by atoms with Gasteiger partial charge in [-0.05, 0) is 25.5 Å². The van der Waals surface area contributed by atoms with Gasteiger partial charge in [-0.15, -0.1) is 0 Å². The fraction of sp³-hybridized carbons (Fsp3) is 0.455. The molecular weight excluding hydrogens is 194 g/mol. The van der Waals surface area contributed by atoms with Crippen LogP contribution < -0.4 is 0 Å². The number of carbonyl (C=O) groups excluding carboxylic acids is 2. The molecule has 0 fully saturated rings. The van der Waals surface area contributed by atoms with Crippen molar-refractivity contribution in [1.29, 1.82) is 0 Å². The van der Waals surface area contributed by atoms with Crippen LogP contribution in [0.25, 0.3) is 0 Å². The zero-order valence-electron chi connectivity index (χ0n) is 8.60. The molecule has 0 aliphatic carbocycles. The molecule has 1 atom stereocenters. The number of hydrogen-bond donors (Lipinski definition) is 0. The average molecular weight is 207 g/mol. The number of carbonyl (C=O) groups is 2. The van der Waals surface area contributed by atoms with E-state index in [9.17, 15) is 9.59 Å². The van der Waals surface area contributed by atoms with E-state index in [0.29, 0.717) is 25.1 Å². The van der Waals surface area contributed by atoms with E-state index >= 15 is 0 Å². The molecule has 1 aromatic heterocycles. The Labute approximate surface area is 87.8 Å². The molecule has 0 unspecified atom stereocenters. The van der Waals surface area contributed by atoms with Crippen LogP contribution in [-0.4, -0.2) is 22.9 Å². The van der Waals surface area contributed by atoms with E-state index in [4.69, 9.17) is 4.74 Å². The molecule has 2 heterocycles. The Bertz CT molecular complexity index is 394. The molecule has 4 nitrogen and oxygen atoms in total. The summed E-state index contributed by atoms with van der Waals surface area (Å²) in [5.41, 5.74) is 0.610. The number of ether oxygens (including phenoxy) is 1. The third-order valence-electron chi connectivity index (χ3n) is 2.60. The highest BCUT2D eigenvalue weighted by molar-refractivity contribution is 5.96. The van der Waals surface area contributed by atoms with Gasteiger partial charge < -0.3 is 9.30 Å². The van der Waals surface area contributed by atoms with Gasteiger partial charge in [0.1, 0.15) is 6.04 Å².